The number of carbonyl (C=O) groups excluding carboxylic acids is 2. The Balaban J connectivity index is 3.92. The third-order valence-electron chi connectivity index (χ3n) is 0.998. The van der Waals surface area contributed by atoms with Crippen LogP contribution < -0.4 is 11.5 Å². The largest absolute Gasteiger partial charge is 0.369 e. The van der Waals surface area contributed by atoms with Crippen LogP contribution in [-0.4, -0.2) is 11.8 Å². The van der Waals surface area contributed by atoms with Crippen molar-refractivity contribution in [3.05, 3.63) is 11.6 Å². The first kappa shape index (κ1) is 8.68. The number of primary amides is 2. The highest BCUT2D eigenvalue weighted by atomic mass is 16.1. The Hall–Kier alpha value is -1.32. The Morgan fingerprint density at radius 2 is 1.90 bits per heavy atom. The fourth-order valence-electron chi connectivity index (χ4n) is 0.354. The van der Waals surface area contributed by atoms with Crippen LogP contribution in [0.2, 0.25) is 0 Å². The fraction of sp³-hybridized carbons (Fsp3) is 0.333. The highest BCUT2D eigenvalue weighted by molar-refractivity contribution is 5.92. The molecule has 0 saturated carbocycles. The van der Waals surface area contributed by atoms with Crippen molar-refractivity contribution in [1.29, 1.82) is 0 Å². The summed E-state index contributed by atoms with van der Waals surface area (Å²) in [6.07, 6.45) is 1.47. The van der Waals surface area contributed by atoms with Gasteiger partial charge in [-0.3, -0.25) is 9.59 Å². The van der Waals surface area contributed by atoms with Gasteiger partial charge < -0.3 is 11.5 Å². The minimum absolute atomic E-state index is 0.0643. The van der Waals surface area contributed by atoms with Crippen molar-refractivity contribution in [2.24, 2.45) is 11.5 Å². The normalized spacial score (nSPS) is 11.1. The van der Waals surface area contributed by atoms with E-state index in [-0.39, 0.29) is 6.42 Å². The van der Waals surface area contributed by atoms with E-state index in [1.54, 1.807) is 0 Å². The summed E-state index contributed by atoms with van der Waals surface area (Å²) < 4.78 is 0. The first-order chi connectivity index (χ1) is 4.54. The zero-order chi connectivity index (χ0) is 8.15. The second-order valence-electron chi connectivity index (χ2n) is 1.92. The maximum absolute atomic E-state index is 10.3. The number of nitrogens with two attached hydrogens (primary N) is 2. The molecule has 0 saturated heterocycles. The van der Waals surface area contributed by atoms with E-state index in [4.69, 9.17) is 11.5 Å². The monoisotopic (exact) mass is 142 g/mol. The highest BCUT2D eigenvalue weighted by Gasteiger charge is 1.96. The molecule has 0 aliphatic heterocycles. The van der Waals surface area contributed by atoms with Crippen LogP contribution in [0.1, 0.15) is 13.3 Å². The molecule has 56 valence electrons. The molecule has 0 aromatic carbocycles. The minimum Gasteiger partial charge on any atom is -0.369 e. The van der Waals surface area contributed by atoms with Crippen LogP contribution in [0.15, 0.2) is 11.6 Å². The van der Waals surface area contributed by atoms with Crippen LogP contribution in [0.3, 0.4) is 0 Å². The summed E-state index contributed by atoms with van der Waals surface area (Å²) in [5.41, 5.74) is 10.0. The zero-order valence-electron chi connectivity index (χ0n) is 5.76. The van der Waals surface area contributed by atoms with Crippen LogP contribution in [0.5, 0.6) is 0 Å². The molecule has 0 aromatic heterocycles. The topological polar surface area (TPSA) is 86.2 Å². The molecule has 4 N–H and O–H groups in total. The van der Waals surface area contributed by atoms with Gasteiger partial charge in [0.1, 0.15) is 0 Å². The van der Waals surface area contributed by atoms with Crippen LogP contribution in [0.25, 0.3) is 0 Å². The average molecular weight is 142 g/mol. The first-order valence-corrected chi connectivity index (χ1v) is 2.79. The Morgan fingerprint density at radius 3 is 2.20 bits per heavy atom. The lowest BCUT2D eigenvalue weighted by atomic mass is 10.2. The molecule has 10 heavy (non-hydrogen) atoms. The van der Waals surface area contributed by atoms with E-state index in [1.807, 2.05) is 0 Å². The molecule has 4 nitrogen and oxygen atoms in total. The van der Waals surface area contributed by atoms with Gasteiger partial charge in [0, 0.05) is 12.0 Å². The van der Waals surface area contributed by atoms with Gasteiger partial charge in [0.05, 0.1) is 0 Å². The quantitative estimate of drug-likeness (QED) is 0.510. The summed E-state index contributed by atoms with van der Waals surface area (Å²) in [6.45, 7) is 1.53. The van der Waals surface area contributed by atoms with Crippen molar-refractivity contribution in [2.75, 3.05) is 0 Å². The van der Waals surface area contributed by atoms with Crippen LogP contribution in [0.4, 0.5) is 0 Å². The standard InChI is InChI=1S/C6H10N2O2/c1-4(6(8)10)2-3-5(7)9/h2H,3H2,1H3,(H2,7,9)(H2,8,10). The molecule has 0 atom stereocenters. The third kappa shape index (κ3) is 3.65. The summed E-state index contributed by atoms with van der Waals surface area (Å²) in [7, 11) is 0. The van der Waals surface area contributed by atoms with Gasteiger partial charge in [0.2, 0.25) is 11.8 Å². The van der Waals surface area contributed by atoms with Crippen molar-refractivity contribution < 1.29 is 9.59 Å². The number of rotatable bonds is 3. The Bertz CT molecular complexity index is 184. The second kappa shape index (κ2) is 3.66. The van der Waals surface area contributed by atoms with E-state index < -0.39 is 11.8 Å². The SMILES string of the molecule is CC(=CCC(N)=O)C(N)=O. The Kier molecular flexibility index (Phi) is 3.17. The van der Waals surface area contributed by atoms with E-state index >= 15 is 0 Å². The van der Waals surface area contributed by atoms with Gasteiger partial charge in [-0.25, -0.2) is 0 Å². The van der Waals surface area contributed by atoms with Gasteiger partial charge in [-0.1, -0.05) is 6.08 Å². The Morgan fingerprint density at radius 1 is 1.40 bits per heavy atom. The lowest BCUT2D eigenvalue weighted by Gasteiger charge is -1.90. The van der Waals surface area contributed by atoms with Crippen LogP contribution >= 0.6 is 0 Å². The fourth-order valence-corrected chi connectivity index (χ4v) is 0.354. The molecule has 0 rings (SSSR count). The maximum Gasteiger partial charge on any atom is 0.244 e. The summed E-state index contributed by atoms with van der Waals surface area (Å²) in [4.78, 5) is 20.5. The van der Waals surface area contributed by atoms with Gasteiger partial charge in [-0.05, 0) is 6.92 Å². The van der Waals surface area contributed by atoms with Crippen molar-refractivity contribution in [1.82, 2.24) is 0 Å². The zero-order valence-corrected chi connectivity index (χ0v) is 5.76. The molecular formula is C6H10N2O2. The maximum atomic E-state index is 10.3. The molecule has 2 amide bonds. The number of carbonyl (C=O) groups is 2. The van der Waals surface area contributed by atoms with Crippen molar-refractivity contribution >= 4 is 11.8 Å². The predicted molar refractivity (Wildman–Crippen MR) is 36.8 cm³/mol. The summed E-state index contributed by atoms with van der Waals surface area (Å²) >= 11 is 0. The van der Waals surface area contributed by atoms with Crippen molar-refractivity contribution in [3.63, 3.8) is 0 Å². The lowest BCUT2D eigenvalue weighted by Crippen LogP contribution is -2.13. The van der Waals surface area contributed by atoms with E-state index in [2.05, 4.69) is 0 Å². The number of hydrogen-bond acceptors (Lipinski definition) is 2. The van der Waals surface area contributed by atoms with Crippen molar-refractivity contribution in [2.45, 2.75) is 13.3 Å². The molecule has 0 spiro atoms. The van der Waals surface area contributed by atoms with Gasteiger partial charge in [0.25, 0.3) is 0 Å². The predicted octanol–water partition coefficient (Wildman–Crippen LogP) is -0.707. The van der Waals surface area contributed by atoms with Gasteiger partial charge in [-0.2, -0.15) is 0 Å². The van der Waals surface area contributed by atoms with Gasteiger partial charge in [0.15, 0.2) is 0 Å². The van der Waals surface area contributed by atoms with E-state index in [0.717, 1.165) is 0 Å². The minimum atomic E-state index is -0.527. The summed E-state index contributed by atoms with van der Waals surface area (Å²) in [5, 5.41) is 0. The van der Waals surface area contributed by atoms with E-state index in [9.17, 15) is 9.59 Å². The van der Waals surface area contributed by atoms with Crippen molar-refractivity contribution in [3.8, 4) is 0 Å². The van der Waals surface area contributed by atoms with Gasteiger partial charge >= 0.3 is 0 Å². The molecule has 4 heteroatoms. The molecule has 0 bridgehead atoms. The molecular weight excluding hydrogens is 132 g/mol. The average Bonchev–Trinajstić information content (AvgIpc) is 1.82. The molecule has 0 heterocycles. The summed E-state index contributed by atoms with van der Waals surface area (Å²) in [5.74, 6) is -0.998. The smallest absolute Gasteiger partial charge is 0.244 e. The van der Waals surface area contributed by atoms with Crippen LogP contribution in [-0.2, 0) is 9.59 Å². The highest BCUT2D eigenvalue weighted by Crippen LogP contribution is 1.92. The van der Waals surface area contributed by atoms with E-state index in [0.29, 0.717) is 5.57 Å². The summed E-state index contributed by atoms with van der Waals surface area (Å²) in [6, 6.07) is 0. The second-order valence-corrected chi connectivity index (χ2v) is 1.92. The number of amides is 2. The lowest BCUT2D eigenvalue weighted by molar-refractivity contribution is -0.117. The molecule has 0 unspecified atom stereocenters. The third-order valence-corrected chi connectivity index (χ3v) is 0.998. The molecule has 0 aliphatic carbocycles. The molecule has 0 aromatic rings. The first-order valence-electron chi connectivity index (χ1n) is 2.79. The molecule has 0 fully saturated rings. The molecule has 0 aliphatic rings. The molecule has 0 radical (unpaired) electrons. The number of hydrogen-bond donors (Lipinski definition) is 2. The Labute approximate surface area is 58.9 Å². The van der Waals surface area contributed by atoms with E-state index in [1.165, 1.54) is 13.0 Å². The van der Waals surface area contributed by atoms with Crippen LogP contribution in [0, 0.1) is 0 Å². The van der Waals surface area contributed by atoms with Gasteiger partial charge in [-0.15, -0.1) is 0 Å².